The van der Waals surface area contributed by atoms with E-state index in [1.54, 1.807) is 0 Å². The largest absolute Gasteiger partial charge is 0.315 e. The molecule has 1 atom stereocenters. The van der Waals surface area contributed by atoms with Crippen molar-refractivity contribution in [3.63, 3.8) is 0 Å². The van der Waals surface area contributed by atoms with Crippen LogP contribution in [0.15, 0.2) is 0 Å². The topological polar surface area (TPSA) is 35.8 Å². The van der Waals surface area contributed by atoms with Crippen LogP contribution in [-0.4, -0.2) is 13.1 Å². The Kier molecular flexibility index (Phi) is 20.0. The number of nitrogens with zero attached hydrogens (tertiary/aromatic N) is 1. The minimum atomic E-state index is 0.144. The van der Waals surface area contributed by atoms with Crippen LogP contribution in [0.25, 0.3) is 0 Å². The van der Waals surface area contributed by atoms with Gasteiger partial charge < -0.3 is 5.32 Å². The van der Waals surface area contributed by atoms with E-state index in [1.807, 2.05) is 6.92 Å². The third-order valence-electron chi connectivity index (χ3n) is 4.88. The number of nitrogens with one attached hydrogen (secondary N) is 1. The Morgan fingerprint density at radius 1 is 0.667 bits per heavy atom. The fourth-order valence-electron chi connectivity index (χ4n) is 3.16. The molecular weight excluding hydrogens is 292 g/mol. The first kappa shape index (κ1) is 23.4. The monoisotopic (exact) mass is 336 g/mol. The van der Waals surface area contributed by atoms with Crippen molar-refractivity contribution in [1.29, 1.82) is 5.26 Å². The summed E-state index contributed by atoms with van der Waals surface area (Å²) in [6.07, 6.45) is 22.7. The molecule has 0 saturated carbocycles. The molecule has 0 aliphatic carbocycles. The predicted octanol–water partition coefficient (Wildman–Crippen LogP) is 7.00. The van der Waals surface area contributed by atoms with Gasteiger partial charge in [0.2, 0.25) is 0 Å². The van der Waals surface area contributed by atoms with E-state index in [4.69, 9.17) is 5.26 Å². The first-order valence-electron chi connectivity index (χ1n) is 10.9. The lowest BCUT2D eigenvalue weighted by Gasteiger charge is -2.06. The Bertz CT molecular complexity index is 270. The maximum absolute atomic E-state index is 8.69. The first-order valence-corrected chi connectivity index (χ1v) is 10.9. The van der Waals surface area contributed by atoms with Crippen LogP contribution in [-0.2, 0) is 0 Å². The second-order valence-corrected chi connectivity index (χ2v) is 7.54. The lowest BCUT2D eigenvalue weighted by atomic mass is 10.0. The van der Waals surface area contributed by atoms with Crippen molar-refractivity contribution in [2.24, 2.45) is 5.92 Å². The van der Waals surface area contributed by atoms with Crippen LogP contribution in [0.4, 0.5) is 0 Å². The number of rotatable bonds is 19. The highest BCUT2D eigenvalue weighted by Gasteiger charge is 1.97. The lowest BCUT2D eigenvalue weighted by Crippen LogP contribution is -2.21. The molecule has 142 valence electrons. The second kappa shape index (κ2) is 20.5. The summed E-state index contributed by atoms with van der Waals surface area (Å²) < 4.78 is 0. The molecule has 1 unspecified atom stereocenters. The molecule has 0 radical (unpaired) electrons. The Morgan fingerprint density at radius 2 is 1.04 bits per heavy atom. The van der Waals surface area contributed by atoms with Gasteiger partial charge in [-0.1, -0.05) is 103 Å². The number of hydrogen-bond donors (Lipinski definition) is 1. The summed E-state index contributed by atoms with van der Waals surface area (Å²) in [5.74, 6) is 0.144. The molecule has 0 rings (SSSR count). The van der Waals surface area contributed by atoms with Crippen molar-refractivity contribution < 1.29 is 0 Å². The zero-order chi connectivity index (χ0) is 17.7. The van der Waals surface area contributed by atoms with Gasteiger partial charge in [-0.2, -0.15) is 5.26 Å². The molecule has 0 bridgehead atoms. The molecular formula is C22H44N2. The summed E-state index contributed by atoms with van der Waals surface area (Å²) in [6.45, 7) is 6.18. The van der Waals surface area contributed by atoms with E-state index in [2.05, 4.69) is 18.3 Å². The fraction of sp³-hybridized carbons (Fsp3) is 0.955. The zero-order valence-electron chi connectivity index (χ0n) is 16.8. The lowest BCUT2D eigenvalue weighted by molar-refractivity contribution is 0.521. The van der Waals surface area contributed by atoms with Crippen molar-refractivity contribution in [2.45, 2.75) is 117 Å². The summed E-state index contributed by atoms with van der Waals surface area (Å²) in [5.41, 5.74) is 0. The number of unbranched alkanes of at least 4 members (excludes halogenated alkanes) is 15. The zero-order valence-corrected chi connectivity index (χ0v) is 16.8. The molecule has 2 nitrogen and oxygen atoms in total. The average molecular weight is 337 g/mol. The third-order valence-corrected chi connectivity index (χ3v) is 4.88. The average Bonchev–Trinajstić information content (AvgIpc) is 2.60. The van der Waals surface area contributed by atoms with Crippen LogP contribution in [0.5, 0.6) is 0 Å². The maximum Gasteiger partial charge on any atom is 0.0666 e. The summed E-state index contributed by atoms with van der Waals surface area (Å²) in [4.78, 5) is 0. The molecule has 0 spiro atoms. The Hall–Kier alpha value is -0.550. The highest BCUT2D eigenvalue weighted by atomic mass is 14.8. The Labute approximate surface area is 152 Å². The van der Waals surface area contributed by atoms with Crippen LogP contribution in [0, 0.1) is 17.2 Å². The van der Waals surface area contributed by atoms with Gasteiger partial charge in [-0.25, -0.2) is 0 Å². The van der Waals surface area contributed by atoms with Crippen molar-refractivity contribution in [3.8, 4) is 6.07 Å². The molecule has 0 amide bonds. The maximum atomic E-state index is 8.69. The standard InChI is InChI=1S/C22H44N2/c1-3-4-5-6-7-8-9-10-11-12-13-14-15-16-17-18-19-24-21-22(2)20-23/h22,24H,3-19,21H2,1-2H3. The van der Waals surface area contributed by atoms with Crippen molar-refractivity contribution in [2.75, 3.05) is 13.1 Å². The van der Waals surface area contributed by atoms with Gasteiger partial charge in [0.15, 0.2) is 0 Å². The van der Waals surface area contributed by atoms with Crippen molar-refractivity contribution in [3.05, 3.63) is 0 Å². The van der Waals surface area contributed by atoms with Crippen LogP contribution >= 0.6 is 0 Å². The van der Waals surface area contributed by atoms with Crippen LogP contribution in [0.3, 0.4) is 0 Å². The van der Waals surface area contributed by atoms with E-state index in [9.17, 15) is 0 Å². The molecule has 2 heteroatoms. The Balaban J connectivity index is 2.99. The van der Waals surface area contributed by atoms with Gasteiger partial charge in [0.25, 0.3) is 0 Å². The number of nitriles is 1. The normalized spacial score (nSPS) is 12.2. The third kappa shape index (κ3) is 19.5. The molecule has 0 aliphatic rings. The predicted molar refractivity (Wildman–Crippen MR) is 107 cm³/mol. The first-order chi connectivity index (χ1) is 11.8. The molecule has 1 N–H and O–H groups in total. The summed E-state index contributed by atoms with van der Waals surface area (Å²) in [7, 11) is 0. The smallest absolute Gasteiger partial charge is 0.0666 e. The van der Waals surface area contributed by atoms with E-state index in [0.717, 1.165) is 13.1 Å². The molecule has 0 aromatic heterocycles. The van der Waals surface area contributed by atoms with Crippen LogP contribution < -0.4 is 5.32 Å². The SMILES string of the molecule is CCCCCCCCCCCCCCCCCCNCC(C)C#N. The fourth-order valence-corrected chi connectivity index (χ4v) is 3.16. The second-order valence-electron chi connectivity index (χ2n) is 7.54. The highest BCUT2D eigenvalue weighted by Crippen LogP contribution is 2.13. The molecule has 0 aliphatic heterocycles. The van der Waals surface area contributed by atoms with Crippen LogP contribution in [0.2, 0.25) is 0 Å². The van der Waals surface area contributed by atoms with Crippen LogP contribution in [0.1, 0.15) is 117 Å². The van der Waals surface area contributed by atoms with E-state index >= 15 is 0 Å². The van der Waals surface area contributed by atoms with E-state index < -0.39 is 0 Å². The van der Waals surface area contributed by atoms with Crippen molar-refractivity contribution in [1.82, 2.24) is 5.32 Å². The summed E-state index contributed by atoms with van der Waals surface area (Å²) in [5, 5.41) is 12.1. The van der Waals surface area contributed by atoms with Gasteiger partial charge in [0.05, 0.1) is 12.0 Å². The molecule has 0 aromatic rings. The number of hydrogen-bond acceptors (Lipinski definition) is 2. The molecule has 24 heavy (non-hydrogen) atoms. The summed E-state index contributed by atoms with van der Waals surface area (Å²) >= 11 is 0. The van der Waals surface area contributed by atoms with Gasteiger partial charge in [-0.3, -0.25) is 0 Å². The minimum Gasteiger partial charge on any atom is -0.315 e. The molecule has 0 fully saturated rings. The molecule has 0 saturated heterocycles. The highest BCUT2D eigenvalue weighted by molar-refractivity contribution is 4.79. The Morgan fingerprint density at radius 3 is 1.42 bits per heavy atom. The van der Waals surface area contributed by atoms with Crippen molar-refractivity contribution >= 4 is 0 Å². The van der Waals surface area contributed by atoms with Gasteiger partial charge in [0, 0.05) is 6.54 Å². The van der Waals surface area contributed by atoms with E-state index in [1.165, 1.54) is 103 Å². The molecule has 0 aromatic carbocycles. The minimum absolute atomic E-state index is 0.144. The molecule has 0 heterocycles. The van der Waals surface area contributed by atoms with E-state index in [-0.39, 0.29) is 5.92 Å². The quantitative estimate of drug-likeness (QED) is 0.258. The summed E-state index contributed by atoms with van der Waals surface area (Å²) in [6, 6.07) is 2.26. The van der Waals surface area contributed by atoms with Gasteiger partial charge in [-0.15, -0.1) is 0 Å². The van der Waals surface area contributed by atoms with E-state index in [0.29, 0.717) is 0 Å². The van der Waals surface area contributed by atoms with Gasteiger partial charge >= 0.3 is 0 Å². The van der Waals surface area contributed by atoms with Gasteiger partial charge in [0.1, 0.15) is 0 Å². The van der Waals surface area contributed by atoms with Gasteiger partial charge in [-0.05, 0) is 19.9 Å².